The van der Waals surface area contributed by atoms with Gasteiger partial charge in [0.2, 0.25) is 11.9 Å². The van der Waals surface area contributed by atoms with E-state index in [1.807, 2.05) is 0 Å². The molecule has 2 aliphatic rings. The normalized spacial score (nSPS) is 15.9. The Balaban J connectivity index is 1.51. The number of piperidine rings is 1. The minimum absolute atomic E-state index is 0.0773. The maximum atomic E-state index is 13.6. The summed E-state index contributed by atoms with van der Waals surface area (Å²) in [6.45, 7) is 1.86. The molecular formula is C23H27F3N6O3. The SMILES string of the molecule is COc1cc2c(cc1Nc1ncc(C(F)(F)F)c(NCCCN3CCCCC3=O)n1)C(=O)NCC2. The van der Waals surface area contributed by atoms with Crippen LogP contribution in [0, 0.1) is 0 Å². The van der Waals surface area contributed by atoms with Crippen molar-refractivity contribution in [2.24, 2.45) is 0 Å². The summed E-state index contributed by atoms with van der Waals surface area (Å²) < 4.78 is 46.0. The number of hydrogen-bond acceptors (Lipinski definition) is 7. The number of rotatable bonds is 8. The quantitative estimate of drug-likeness (QED) is 0.485. The number of nitrogens with one attached hydrogen (secondary N) is 3. The van der Waals surface area contributed by atoms with Crippen molar-refractivity contribution >= 4 is 29.3 Å². The lowest BCUT2D eigenvalue weighted by Crippen LogP contribution is -2.36. The van der Waals surface area contributed by atoms with Crippen molar-refractivity contribution in [3.8, 4) is 5.75 Å². The number of methoxy groups -OCH3 is 1. The predicted molar refractivity (Wildman–Crippen MR) is 123 cm³/mol. The summed E-state index contributed by atoms with van der Waals surface area (Å²) in [7, 11) is 1.46. The summed E-state index contributed by atoms with van der Waals surface area (Å²) in [4.78, 5) is 33.7. The van der Waals surface area contributed by atoms with Crippen LogP contribution in [-0.2, 0) is 17.4 Å². The van der Waals surface area contributed by atoms with E-state index in [1.165, 1.54) is 7.11 Å². The fourth-order valence-corrected chi connectivity index (χ4v) is 4.19. The summed E-state index contributed by atoms with van der Waals surface area (Å²) in [5.74, 6) is -0.188. The number of amides is 2. The van der Waals surface area contributed by atoms with Crippen LogP contribution >= 0.6 is 0 Å². The second kappa shape index (κ2) is 10.4. The number of carbonyl (C=O) groups is 2. The van der Waals surface area contributed by atoms with Gasteiger partial charge in [-0.1, -0.05) is 0 Å². The molecule has 0 bridgehead atoms. The smallest absolute Gasteiger partial charge is 0.421 e. The van der Waals surface area contributed by atoms with Crippen LogP contribution in [0.3, 0.4) is 0 Å². The van der Waals surface area contributed by atoms with Gasteiger partial charge in [0.25, 0.3) is 5.91 Å². The molecule has 0 atom stereocenters. The van der Waals surface area contributed by atoms with Gasteiger partial charge in [0, 0.05) is 44.4 Å². The second-order valence-electron chi connectivity index (χ2n) is 8.41. The summed E-state index contributed by atoms with van der Waals surface area (Å²) in [6.07, 6.45) is -0.491. The molecule has 12 heteroatoms. The van der Waals surface area contributed by atoms with Gasteiger partial charge in [-0.05, 0) is 43.4 Å². The fraction of sp³-hybridized carbons (Fsp3) is 0.478. The van der Waals surface area contributed by atoms with Crippen molar-refractivity contribution in [3.63, 3.8) is 0 Å². The zero-order valence-electron chi connectivity index (χ0n) is 19.3. The van der Waals surface area contributed by atoms with E-state index >= 15 is 0 Å². The van der Waals surface area contributed by atoms with Gasteiger partial charge in [-0.3, -0.25) is 9.59 Å². The number of fused-ring (bicyclic) bond motifs is 1. The molecule has 1 aromatic heterocycles. The number of benzene rings is 1. The predicted octanol–water partition coefficient (Wildman–Crippen LogP) is 3.35. The van der Waals surface area contributed by atoms with E-state index in [2.05, 4.69) is 25.9 Å². The Hall–Kier alpha value is -3.57. The molecule has 4 rings (SSSR count). The van der Waals surface area contributed by atoms with Gasteiger partial charge < -0.3 is 25.6 Å². The number of alkyl halides is 3. The molecule has 3 heterocycles. The molecule has 0 radical (unpaired) electrons. The molecule has 1 aromatic carbocycles. The van der Waals surface area contributed by atoms with E-state index in [0.29, 0.717) is 62.1 Å². The Bertz CT molecular complexity index is 1110. The third-order valence-corrected chi connectivity index (χ3v) is 6.01. The zero-order chi connectivity index (χ0) is 25.0. The molecule has 2 aromatic rings. The van der Waals surface area contributed by atoms with Gasteiger partial charge in [-0.25, -0.2) is 4.98 Å². The molecule has 0 aliphatic carbocycles. The van der Waals surface area contributed by atoms with E-state index in [4.69, 9.17) is 4.74 Å². The molecule has 0 spiro atoms. The Kier molecular flexibility index (Phi) is 7.27. The Morgan fingerprint density at radius 2 is 2.03 bits per heavy atom. The van der Waals surface area contributed by atoms with Gasteiger partial charge in [0.1, 0.15) is 17.1 Å². The molecule has 188 valence electrons. The van der Waals surface area contributed by atoms with Crippen molar-refractivity contribution < 1.29 is 27.5 Å². The Morgan fingerprint density at radius 1 is 1.20 bits per heavy atom. The summed E-state index contributed by atoms with van der Waals surface area (Å²) >= 11 is 0. The van der Waals surface area contributed by atoms with Crippen LogP contribution < -0.4 is 20.7 Å². The standard InChI is InChI=1S/C23H27F3N6O3/c1-35-18-11-14-6-8-28-21(34)15(14)12-17(18)30-22-29-13-16(23(24,25)26)20(31-22)27-7-4-10-32-9-3-2-5-19(32)33/h11-13H,2-10H2,1H3,(H,28,34)(H2,27,29,30,31). The van der Waals surface area contributed by atoms with Crippen LogP contribution in [-0.4, -0.2) is 60.0 Å². The number of anilines is 3. The molecule has 2 aliphatic heterocycles. The van der Waals surface area contributed by atoms with E-state index in [0.717, 1.165) is 18.4 Å². The van der Waals surface area contributed by atoms with Gasteiger partial charge in [-0.2, -0.15) is 18.2 Å². The largest absolute Gasteiger partial charge is 0.495 e. The molecule has 0 saturated carbocycles. The lowest BCUT2D eigenvalue weighted by Gasteiger charge is -2.26. The number of halogens is 3. The average molecular weight is 493 g/mol. The van der Waals surface area contributed by atoms with E-state index in [-0.39, 0.29) is 30.1 Å². The molecule has 0 unspecified atom stereocenters. The van der Waals surface area contributed by atoms with Crippen LogP contribution in [0.2, 0.25) is 0 Å². The maximum Gasteiger partial charge on any atom is 0.421 e. The van der Waals surface area contributed by atoms with Gasteiger partial charge in [-0.15, -0.1) is 0 Å². The highest BCUT2D eigenvalue weighted by atomic mass is 19.4. The maximum absolute atomic E-state index is 13.6. The van der Waals surface area contributed by atoms with Crippen LogP contribution in [0.5, 0.6) is 5.75 Å². The average Bonchev–Trinajstić information content (AvgIpc) is 2.82. The lowest BCUT2D eigenvalue weighted by molar-refractivity contribution is -0.137. The topological polar surface area (TPSA) is 108 Å². The van der Waals surface area contributed by atoms with Crippen molar-refractivity contribution in [2.45, 2.75) is 38.3 Å². The van der Waals surface area contributed by atoms with E-state index in [9.17, 15) is 22.8 Å². The number of aromatic nitrogens is 2. The summed E-state index contributed by atoms with van der Waals surface area (Å²) in [5, 5.41) is 8.37. The van der Waals surface area contributed by atoms with Crippen molar-refractivity contribution in [1.29, 1.82) is 0 Å². The van der Waals surface area contributed by atoms with E-state index < -0.39 is 11.7 Å². The fourth-order valence-electron chi connectivity index (χ4n) is 4.19. The van der Waals surface area contributed by atoms with Crippen molar-refractivity contribution in [1.82, 2.24) is 20.2 Å². The van der Waals surface area contributed by atoms with Crippen molar-refractivity contribution in [2.75, 3.05) is 43.9 Å². The Morgan fingerprint density at radius 3 is 2.77 bits per heavy atom. The second-order valence-corrected chi connectivity index (χ2v) is 8.41. The minimum Gasteiger partial charge on any atom is -0.495 e. The molecule has 2 amide bonds. The first-order chi connectivity index (χ1) is 16.8. The van der Waals surface area contributed by atoms with Gasteiger partial charge in [0.15, 0.2) is 0 Å². The highest BCUT2D eigenvalue weighted by Crippen LogP contribution is 2.35. The number of hydrogen-bond donors (Lipinski definition) is 3. The monoisotopic (exact) mass is 492 g/mol. The Labute approximate surface area is 200 Å². The van der Waals surface area contributed by atoms with Crippen LogP contribution in [0.15, 0.2) is 18.3 Å². The molecule has 35 heavy (non-hydrogen) atoms. The highest BCUT2D eigenvalue weighted by molar-refractivity contribution is 5.98. The van der Waals surface area contributed by atoms with Crippen LogP contribution in [0.4, 0.5) is 30.6 Å². The first-order valence-corrected chi connectivity index (χ1v) is 11.5. The molecular weight excluding hydrogens is 465 g/mol. The van der Waals surface area contributed by atoms with Crippen molar-refractivity contribution in [3.05, 3.63) is 35.0 Å². The number of likely N-dealkylation sites (tertiary alicyclic amines) is 1. The van der Waals surface area contributed by atoms with Gasteiger partial charge in [0.05, 0.1) is 12.8 Å². The molecule has 1 fully saturated rings. The third-order valence-electron chi connectivity index (χ3n) is 6.01. The number of ether oxygens (including phenoxy) is 1. The van der Waals surface area contributed by atoms with Crippen LogP contribution in [0.25, 0.3) is 0 Å². The van der Waals surface area contributed by atoms with Crippen LogP contribution in [0.1, 0.15) is 47.2 Å². The first-order valence-electron chi connectivity index (χ1n) is 11.5. The molecule has 9 nitrogen and oxygen atoms in total. The van der Waals surface area contributed by atoms with Gasteiger partial charge >= 0.3 is 6.18 Å². The minimum atomic E-state index is -4.65. The first kappa shape index (κ1) is 24.6. The number of nitrogens with zero attached hydrogens (tertiary/aromatic N) is 3. The zero-order valence-corrected chi connectivity index (χ0v) is 19.3. The van der Waals surface area contributed by atoms with E-state index in [1.54, 1.807) is 17.0 Å². The summed E-state index contributed by atoms with van der Waals surface area (Å²) in [6, 6.07) is 3.30. The summed E-state index contributed by atoms with van der Waals surface area (Å²) in [5.41, 5.74) is 0.641. The third kappa shape index (κ3) is 5.75. The lowest BCUT2D eigenvalue weighted by atomic mass is 9.99. The molecule has 3 N–H and O–H groups in total. The highest BCUT2D eigenvalue weighted by Gasteiger charge is 2.35. The molecule has 1 saturated heterocycles. The number of carbonyl (C=O) groups excluding carboxylic acids is 2.